The maximum Gasteiger partial charge on any atom is 0.164 e. The molecule has 0 unspecified atom stereocenters. The van der Waals surface area contributed by atoms with Crippen LogP contribution < -0.4 is 0 Å². The van der Waals surface area contributed by atoms with E-state index < -0.39 is 0 Å². The highest BCUT2D eigenvalue weighted by Crippen LogP contribution is 2.40. The average molecular weight is 618 g/mol. The van der Waals surface area contributed by atoms with Gasteiger partial charge in [0, 0.05) is 36.9 Å². The van der Waals surface area contributed by atoms with Crippen LogP contribution >= 0.6 is 11.3 Å². The Morgan fingerprint density at radius 3 is 1.57 bits per heavy atom. The minimum absolute atomic E-state index is 0.653. The third-order valence-corrected chi connectivity index (χ3v) is 9.84. The van der Waals surface area contributed by atoms with Crippen molar-refractivity contribution < 1.29 is 0 Å². The van der Waals surface area contributed by atoms with E-state index in [4.69, 9.17) is 15.0 Å². The number of nitrogens with zero attached hydrogens (tertiary/aromatic N) is 3. The molecule has 2 heterocycles. The lowest BCUT2D eigenvalue weighted by atomic mass is 9.95. The van der Waals surface area contributed by atoms with Gasteiger partial charge in [-0.1, -0.05) is 133 Å². The first-order valence-corrected chi connectivity index (χ1v) is 16.5. The molecule has 0 fully saturated rings. The van der Waals surface area contributed by atoms with Crippen LogP contribution in [-0.2, 0) is 0 Å². The fraction of sp³-hybridized carbons (Fsp3) is 0. The van der Waals surface area contributed by atoms with Gasteiger partial charge in [0.2, 0.25) is 0 Å². The van der Waals surface area contributed by atoms with Crippen molar-refractivity contribution in [3.63, 3.8) is 0 Å². The van der Waals surface area contributed by atoms with Gasteiger partial charge in [-0.2, -0.15) is 0 Å². The predicted molar refractivity (Wildman–Crippen MR) is 197 cm³/mol. The molecule has 0 atom stereocenters. The SMILES string of the molecule is c1ccc(-c2nc(-c3ccccc3)nc(-c3cccc(-c4ccc5cc(-c6cccc7sc8ccccc8c67)ccc5c4)c3)n2)cc1. The van der Waals surface area contributed by atoms with Crippen LogP contribution in [0.25, 0.3) is 87.4 Å². The fourth-order valence-corrected chi connectivity index (χ4v) is 7.52. The summed E-state index contributed by atoms with van der Waals surface area (Å²) in [6.45, 7) is 0. The fourth-order valence-electron chi connectivity index (χ4n) is 6.38. The van der Waals surface area contributed by atoms with Crippen molar-refractivity contribution in [2.75, 3.05) is 0 Å². The molecule has 220 valence electrons. The molecular weight excluding hydrogens is 591 g/mol. The van der Waals surface area contributed by atoms with Crippen molar-refractivity contribution in [2.45, 2.75) is 0 Å². The standard InChI is InChI=1S/C43H27N3S/c1-3-11-28(12-4-1)41-44-42(29-13-5-2-6-14-29)46-43(45-41)35-16-9-15-30(27-35)31-21-22-33-26-34(24-23-32(33)25-31)36-18-10-20-39-40(36)37-17-7-8-19-38(37)47-39/h1-27H. The van der Waals surface area contributed by atoms with E-state index in [1.165, 1.54) is 42.1 Å². The summed E-state index contributed by atoms with van der Waals surface area (Å²) < 4.78 is 2.65. The third kappa shape index (κ3) is 5.05. The number of fused-ring (bicyclic) bond motifs is 4. The molecule has 9 rings (SSSR count). The highest BCUT2D eigenvalue weighted by Gasteiger charge is 2.14. The van der Waals surface area contributed by atoms with Crippen molar-refractivity contribution in [3.8, 4) is 56.4 Å². The topological polar surface area (TPSA) is 38.7 Å². The van der Waals surface area contributed by atoms with E-state index in [0.717, 1.165) is 27.8 Å². The van der Waals surface area contributed by atoms with E-state index >= 15 is 0 Å². The first-order chi connectivity index (χ1) is 23.3. The van der Waals surface area contributed by atoms with Crippen LogP contribution in [0.3, 0.4) is 0 Å². The molecule has 0 amide bonds. The van der Waals surface area contributed by atoms with Crippen LogP contribution in [0.5, 0.6) is 0 Å². The molecule has 0 radical (unpaired) electrons. The first kappa shape index (κ1) is 27.3. The van der Waals surface area contributed by atoms with Gasteiger partial charge in [0.15, 0.2) is 17.5 Å². The number of aromatic nitrogens is 3. The highest BCUT2D eigenvalue weighted by atomic mass is 32.1. The summed E-state index contributed by atoms with van der Waals surface area (Å²) in [5, 5.41) is 5.08. The van der Waals surface area contributed by atoms with Crippen LogP contribution in [0.4, 0.5) is 0 Å². The van der Waals surface area contributed by atoms with Crippen molar-refractivity contribution in [3.05, 3.63) is 164 Å². The number of hydrogen-bond acceptors (Lipinski definition) is 4. The summed E-state index contributed by atoms with van der Waals surface area (Å²) in [4.78, 5) is 14.7. The minimum Gasteiger partial charge on any atom is -0.208 e. The van der Waals surface area contributed by atoms with Gasteiger partial charge in [-0.15, -0.1) is 11.3 Å². The van der Waals surface area contributed by atoms with E-state index in [-0.39, 0.29) is 0 Å². The molecule has 7 aromatic carbocycles. The lowest BCUT2D eigenvalue weighted by molar-refractivity contribution is 1.07. The Kier molecular flexibility index (Phi) is 6.65. The molecule has 0 N–H and O–H groups in total. The van der Waals surface area contributed by atoms with Gasteiger partial charge in [0.05, 0.1) is 0 Å². The van der Waals surface area contributed by atoms with Gasteiger partial charge in [0.25, 0.3) is 0 Å². The lowest BCUT2D eigenvalue weighted by Gasteiger charge is -2.11. The van der Waals surface area contributed by atoms with Crippen LogP contribution in [0.15, 0.2) is 164 Å². The van der Waals surface area contributed by atoms with E-state index in [9.17, 15) is 0 Å². The first-order valence-electron chi connectivity index (χ1n) is 15.7. The number of hydrogen-bond donors (Lipinski definition) is 0. The molecule has 0 aliphatic heterocycles. The largest absolute Gasteiger partial charge is 0.208 e. The van der Waals surface area contributed by atoms with E-state index in [1.807, 2.05) is 72.0 Å². The third-order valence-electron chi connectivity index (χ3n) is 8.71. The number of benzene rings is 7. The molecule has 0 bridgehead atoms. The molecular formula is C43H27N3S. The number of thiophene rings is 1. The summed E-state index contributed by atoms with van der Waals surface area (Å²) in [7, 11) is 0. The monoisotopic (exact) mass is 617 g/mol. The maximum absolute atomic E-state index is 4.94. The zero-order valence-electron chi connectivity index (χ0n) is 25.3. The molecule has 9 aromatic rings. The Hall–Kier alpha value is -5.97. The van der Waals surface area contributed by atoms with Crippen molar-refractivity contribution >= 4 is 42.3 Å². The Labute approximate surface area is 276 Å². The minimum atomic E-state index is 0.653. The molecule has 0 spiro atoms. The van der Waals surface area contributed by atoms with Gasteiger partial charge in [-0.3, -0.25) is 0 Å². The van der Waals surface area contributed by atoms with Crippen molar-refractivity contribution in [2.24, 2.45) is 0 Å². The van der Waals surface area contributed by atoms with Gasteiger partial charge in [0.1, 0.15) is 0 Å². The number of rotatable bonds is 5. The quantitative estimate of drug-likeness (QED) is 0.193. The smallest absolute Gasteiger partial charge is 0.164 e. The van der Waals surface area contributed by atoms with Crippen LogP contribution in [-0.4, -0.2) is 15.0 Å². The molecule has 47 heavy (non-hydrogen) atoms. The summed E-state index contributed by atoms with van der Waals surface area (Å²) in [6, 6.07) is 57.6. The van der Waals surface area contributed by atoms with Gasteiger partial charge >= 0.3 is 0 Å². The molecule has 0 aliphatic rings. The molecule has 0 saturated heterocycles. The zero-order valence-corrected chi connectivity index (χ0v) is 26.2. The second kappa shape index (κ2) is 11.4. The molecule has 3 nitrogen and oxygen atoms in total. The van der Waals surface area contributed by atoms with Gasteiger partial charge < -0.3 is 0 Å². The molecule has 4 heteroatoms. The van der Waals surface area contributed by atoms with Crippen LogP contribution in [0, 0.1) is 0 Å². The zero-order chi connectivity index (χ0) is 31.2. The van der Waals surface area contributed by atoms with E-state index in [0.29, 0.717) is 17.5 Å². The van der Waals surface area contributed by atoms with Crippen LogP contribution in [0.1, 0.15) is 0 Å². The van der Waals surface area contributed by atoms with E-state index in [1.54, 1.807) is 0 Å². The van der Waals surface area contributed by atoms with Crippen molar-refractivity contribution in [1.82, 2.24) is 15.0 Å². The summed E-state index contributed by atoms with van der Waals surface area (Å²) in [5.41, 5.74) is 7.65. The second-order valence-corrected chi connectivity index (χ2v) is 12.8. The Morgan fingerprint density at radius 2 is 0.851 bits per heavy atom. The normalized spacial score (nSPS) is 11.4. The highest BCUT2D eigenvalue weighted by molar-refractivity contribution is 7.25. The summed E-state index contributed by atoms with van der Waals surface area (Å²) >= 11 is 1.86. The van der Waals surface area contributed by atoms with E-state index in [2.05, 4.69) is 103 Å². The second-order valence-electron chi connectivity index (χ2n) is 11.7. The average Bonchev–Trinajstić information content (AvgIpc) is 3.54. The predicted octanol–water partition coefficient (Wildman–Crippen LogP) is 11.7. The summed E-state index contributed by atoms with van der Waals surface area (Å²) in [5.74, 6) is 1.97. The Bertz CT molecular complexity index is 2510. The Morgan fingerprint density at radius 1 is 0.340 bits per heavy atom. The molecule has 0 aliphatic carbocycles. The molecule has 0 saturated carbocycles. The van der Waals surface area contributed by atoms with Gasteiger partial charge in [-0.05, 0) is 63.4 Å². The van der Waals surface area contributed by atoms with Crippen molar-refractivity contribution in [1.29, 1.82) is 0 Å². The van der Waals surface area contributed by atoms with Crippen LogP contribution in [0.2, 0.25) is 0 Å². The molecule has 2 aromatic heterocycles. The lowest BCUT2D eigenvalue weighted by Crippen LogP contribution is -2.00. The maximum atomic E-state index is 4.94. The van der Waals surface area contributed by atoms with Gasteiger partial charge in [-0.25, -0.2) is 15.0 Å². The Balaban J connectivity index is 1.10. The summed E-state index contributed by atoms with van der Waals surface area (Å²) in [6.07, 6.45) is 0.